The van der Waals surface area contributed by atoms with Crippen LogP contribution in [0.2, 0.25) is 0 Å². The average Bonchev–Trinajstić information content (AvgIpc) is 3.27. The molecule has 11 heteroatoms. The summed E-state index contributed by atoms with van der Waals surface area (Å²) in [5.41, 5.74) is 1.04. The Labute approximate surface area is 184 Å². The average molecular weight is 490 g/mol. The van der Waals surface area contributed by atoms with Crippen molar-refractivity contribution in [3.05, 3.63) is 45.5 Å². The third-order valence-corrected chi connectivity index (χ3v) is 5.98. The maximum atomic E-state index is 12.8. The second kappa shape index (κ2) is 8.07. The van der Waals surface area contributed by atoms with Crippen LogP contribution in [0, 0.1) is 0 Å². The number of carbonyl (C=O) groups is 4. The van der Waals surface area contributed by atoms with Crippen LogP contribution >= 0.6 is 27.5 Å². The van der Waals surface area contributed by atoms with Crippen molar-refractivity contribution in [1.29, 1.82) is 0 Å². The topological polar surface area (TPSA) is 113 Å². The predicted octanol–water partition coefficient (Wildman–Crippen LogP) is 1.46. The van der Waals surface area contributed by atoms with Crippen LogP contribution in [-0.4, -0.2) is 55.9 Å². The normalized spacial score (nSPS) is 19.2. The molecule has 30 heavy (non-hydrogen) atoms. The molecule has 0 radical (unpaired) electrons. The van der Waals surface area contributed by atoms with E-state index in [-0.39, 0.29) is 25.1 Å². The molecular weight excluding hydrogens is 474 g/mol. The fraction of sp³-hybridized carbons (Fsp3) is 0.263. The molecule has 2 aromatic rings. The summed E-state index contributed by atoms with van der Waals surface area (Å²) in [4.78, 5) is 55.7. The molecule has 4 amide bonds. The number of likely N-dealkylation sites (N-methyl/N-ethyl adjacent to an activating group) is 1. The Morgan fingerprint density at radius 2 is 2.10 bits per heavy atom. The molecule has 1 unspecified atom stereocenters. The van der Waals surface area contributed by atoms with Crippen LogP contribution in [0.5, 0.6) is 0 Å². The van der Waals surface area contributed by atoms with Gasteiger partial charge in [-0.05, 0) is 30.1 Å². The van der Waals surface area contributed by atoms with Crippen molar-refractivity contribution in [1.82, 2.24) is 24.5 Å². The highest BCUT2D eigenvalue weighted by Crippen LogP contribution is 2.26. The molecular formula is C19H16BrN5O4S. The molecule has 0 aliphatic carbocycles. The zero-order chi connectivity index (χ0) is 21.4. The van der Waals surface area contributed by atoms with Crippen molar-refractivity contribution in [3.8, 4) is 11.4 Å². The van der Waals surface area contributed by atoms with Gasteiger partial charge in [0.25, 0.3) is 11.8 Å². The number of benzene rings is 1. The number of halogens is 1. The van der Waals surface area contributed by atoms with Crippen LogP contribution in [0.15, 0.2) is 40.5 Å². The molecule has 0 bridgehead atoms. The van der Waals surface area contributed by atoms with Crippen LogP contribution in [0.1, 0.15) is 17.8 Å². The van der Waals surface area contributed by atoms with Gasteiger partial charge in [-0.3, -0.25) is 29.4 Å². The van der Waals surface area contributed by atoms with Gasteiger partial charge in [-0.25, -0.2) is 4.98 Å². The van der Waals surface area contributed by atoms with Gasteiger partial charge in [0, 0.05) is 29.6 Å². The minimum Gasteiger partial charge on any atom is -0.363 e. The first-order valence-corrected chi connectivity index (χ1v) is 10.6. The Kier molecular flexibility index (Phi) is 5.48. The lowest BCUT2D eigenvalue weighted by Crippen LogP contribution is -2.54. The summed E-state index contributed by atoms with van der Waals surface area (Å²) in [6.07, 6.45) is 1.42. The van der Waals surface area contributed by atoms with Gasteiger partial charge in [0.05, 0.1) is 6.54 Å². The van der Waals surface area contributed by atoms with E-state index in [1.807, 2.05) is 24.3 Å². The van der Waals surface area contributed by atoms with E-state index < -0.39 is 29.7 Å². The maximum absolute atomic E-state index is 12.8. The fourth-order valence-electron chi connectivity index (χ4n) is 3.32. The molecule has 2 aliphatic rings. The minimum atomic E-state index is -0.977. The summed E-state index contributed by atoms with van der Waals surface area (Å²) in [5.74, 6) is -1.58. The summed E-state index contributed by atoms with van der Waals surface area (Å²) in [6, 6.07) is 6.64. The lowest BCUT2D eigenvalue weighted by Gasteiger charge is -2.29. The Morgan fingerprint density at radius 3 is 2.83 bits per heavy atom. The molecule has 9 nitrogen and oxygen atoms in total. The smallest absolute Gasteiger partial charge is 0.277 e. The number of hydrogen-bond acceptors (Lipinski definition) is 8. The Bertz CT molecular complexity index is 1100. The molecule has 154 valence electrons. The number of hydrogen-bond donors (Lipinski definition) is 1. The summed E-state index contributed by atoms with van der Waals surface area (Å²) < 4.78 is 5.28. The van der Waals surface area contributed by atoms with E-state index in [1.165, 1.54) is 17.6 Å². The highest BCUT2D eigenvalue weighted by Gasteiger charge is 2.43. The van der Waals surface area contributed by atoms with Gasteiger partial charge < -0.3 is 4.90 Å². The van der Waals surface area contributed by atoms with Gasteiger partial charge in [0.15, 0.2) is 5.82 Å². The first-order chi connectivity index (χ1) is 14.3. The number of piperidine rings is 1. The molecule has 3 heterocycles. The van der Waals surface area contributed by atoms with Gasteiger partial charge in [-0.1, -0.05) is 28.1 Å². The van der Waals surface area contributed by atoms with E-state index in [4.69, 9.17) is 0 Å². The zero-order valence-corrected chi connectivity index (χ0v) is 18.2. The number of rotatable bonds is 5. The van der Waals surface area contributed by atoms with E-state index in [9.17, 15) is 19.2 Å². The molecule has 0 spiro atoms. The van der Waals surface area contributed by atoms with Gasteiger partial charge in [-0.15, -0.1) is 0 Å². The fourth-order valence-corrected chi connectivity index (χ4v) is 4.44. The third-order valence-electron chi connectivity index (χ3n) is 4.79. The SMILES string of the molecule is CN(Cc1nc(-c2cccc(Br)c2)ns1)C1=CC(=O)N(C2CCC(=O)NC2=O)C1=O. The standard InChI is InChI=1S/C19H16BrN5O4S/c1-24(9-15-22-17(23-30-15)10-3-2-4-11(20)7-10)13-8-16(27)25(19(13)29)12-5-6-14(26)21-18(12)28/h2-4,7-8,12H,5-6,9H2,1H3,(H,21,26,28). The Morgan fingerprint density at radius 1 is 1.30 bits per heavy atom. The zero-order valence-electron chi connectivity index (χ0n) is 15.8. The van der Waals surface area contributed by atoms with Crippen LogP contribution in [-0.2, 0) is 25.7 Å². The Hall–Kier alpha value is -2.92. The molecule has 1 fully saturated rings. The number of nitrogens with one attached hydrogen (secondary N) is 1. The summed E-state index contributed by atoms with van der Waals surface area (Å²) in [6.45, 7) is 0.277. The number of imide groups is 2. The lowest BCUT2D eigenvalue weighted by molar-refractivity contribution is -0.150. The van der Waals surface area contributed by atoms with Crippen molar-refractivity contribution in [2.75, 3.05) is 7.05 Å². The Balaban J connectivity index is 1.47. The second-order valence-electron chi connectivity index (χ2n) is 6.89. The lowest BCUT2D eigenvalue weighted by atomic mass is 10.0. The van der Waals surface area contributed by atoms with E-state index in [0.717, 1.165) is 14.9 Å². The van der Waals surface area contributed by atoms with Crippen molar-refractivity contribution >= 4 is 51.1 Å². The molecule has 4 rings (SSSR count). The van der Waals surface area contributed by atoms with E-state index in [2.05, 4.69) is 30.6 Å². The number of nitrogens with zero attached hydrogens (tertiary/aromatic N) is 4. The van der Waals surface area contributed by atoms with Crippen molar-refractivity contribution in [3.63, 3.8) is 0 Å². The third kappa shape index (κ3) is 3.90. The molecule has 1 saturated heterocycles. The van der Waals surface area contributed by atoms with Gasteiger partial charge in [0.1, 0.15) is 16.7 Å². The molecule has 0 saturated carbocycles. The quantitative estimate of drug-likeness (QED) is 0.632. The number of carbonyl (C=O) groups excluding carboxylic acids is 4. The second-order valence-corrected chi connectivity index (χ2v) is 8.64. The van der Waals surface area contributed by atoms with Crippen LogP contribution in [0.4, 0.5) is 0 Å². The summed E-state index contributed by atoms with van der Waals surface area (Å²) in [5, 5.41) is 2.85. The number of amides is 4. The molecule has 1 N–H and O–H groups in total. The van der Waals surface area contributed by atoms with Crippen molar-refractivity contribution in [2.45, 2.75) is 25.4 Å². The van der Waals surface area contributed by atoms with Gasteiger partial charge in [-0.2, -0.15) is 4.37 Å². The number of aromatic nitrogens is 2. The summed E-state index contributed by atoms with van der Waals surface area (Å²) in [7, 11) is 1.67. The van der Waals surface area contributed by atoms with Crippen molar-refractivity contribution < 1.29 is 19.2 Å². The largest absolute Gasteiger partial charge is 0.363 e. The van der Waals surface area contributed by atoms with E-state index in [1.54, 1.807) is 11.9 Å². The minimum absolute atomic E-state index is 0.0851. The molecule has 1 aromatic carbocycles. The molecule has 1 atom stereocenters. The van der Waals surface area contributed by atoms with Crippen molar-refractivity contribution in [2.24, 2.45) is 0 Å². The predicted molar refractivity (Wildman–Crippen MR) is 111 cm³/mol. The van der Waals surface area contributed by atoms with Crippen LogP contribution in [0.3, 0.4) is 0 Å². The maximum Gasteiger partial charge on any atom is 0.277 e. The highest BCUT2D eigenvalue weighted by molar-refractivity contribution is 9.10. The van der Waals surface area contributed by atoms with Gasteiger partial charge >= 0.3 is 0 Å². The van der Waals surface area contributed by atoms with E-state index in [0.29, 0.717) is 10.8 Å². The molecule has 2 aliphatic heterocycles. The van der Waals surface area contributed by atoms with Crippen LogP contribution in [0.25, 0.3) is 11.4 Å². The highest BCUT2D eigenvalue weighted by atomic mass is 79.9. The summed E-state index contributed by atoms with van der Waals surface area (Å²) >= 11 is 4.63. The first kappa shape index (κ1) is 20.4. The molecule has 1 aromatic heterocycles. The first-order valence-electron chi connectivity index (χ1n) is 9.06. The van der Waals surface area contributed by atoms with Gasteiger partial charge in [0.2, 0.25) is 11.8 Å². The van der Waals surface area contributed by atoms with Crippen LogP contribution < -0.4 is 5.32 Å². The monoisotopic (exact) mass is 489 g/mol. The van der Waals surface area contributed by atoms with E-state index >= 15 is 0 Å².